The fourth-order valence-corrected chi connectivity index (χ4v) is 2.35. The molecule has 7 nitrogen and oxygen atoms in total. The van der Waals surface area contributed by atoms with Gasteiger partial charge < -0.3 is 9.84 Å². The van der Waals surface area contributed by atoms with Gasteiger partial charge in [-0.05, 0) is 25.0 Å². The monoisotopic (exact) mass is 328 g/mol. The molecule has 4 rings (SSSR count). The molecule has 8 heteroatoms. The molecule has 0 spiro atoms. The molecule has 1 fully saturated rings. The van der Waals surface area contributed by atoms with Crippen molar-refractivity contribution < 1.29 is 4.52 Å². The summed E-state index contributed by atoms with van der Waals surface area (Å²) in [5.41, 5.74) is 0.858. The van der Waals surface area contributed by atoms with Crippen molar-refractivity contribution in [3.8, 4) is 11.4 Å². The Kier molecular flexibility index (Phi) is 3.63. The zero-order valence-corrected chi connectivity index (χ0v) is 12.9. The molecule has 0 bridgehead atoms. The Morgan fingerprint density at radius 1 is 1.17 bits per heavy atom. The summed E-state index contributed by atoms with van der Waals surface area (Å²) < 4.78 is 5.24. The highest BCUT2D eigenvalue weighted by molar-refractivity contribution is 6.29. The number of rotatable bonds is 5. The van der Waals surface area contributed by atoms with Crippen LogP contribution >= 0.6 is 11.6 Å². The van der Waals surface area contributed by atoms with Gasteiger partial charge in [0.05, 0.1) is 6.54 Å². The molecule has 116 valence electrons. The van der Waals surface area contributed by atoms with Crippen LogP contribution in [0.15, 0.2) is 35.1 Å². The maximum Gasteiger partial charge on any atom is 0.246 e. The van der Waals surface area contributed by atoms with E-state index in [1.807, 2.05) is 12.1 Å². The van der Waals surface area contributed by atoms with Gasteiger partial charge in [-0.15, -0.1) is 0 Å². The van der Waals surface area contributed by atoms with Crippen LogP contribution in [-0.4, -0.2) is 25.1 Å². The molecule has 0 amide bonds. The van der Waals surface area contributed by atoms with Crippen LogP contribution in [0.2, 0.25) is 5.15 Å². The van der Waals surface area contributed by atoms with E-state index in [1.54, 1.807) is 18.5 Å². The van der Waals surface area contributed by atoms with Crippen LogP contribution < -0.4 is 5.32 Å². The normalized spacial score (nSPS) is 14.0. The van der Waals surface area contributed by atoms with Crippen LogP contribution in [-0.2, 0) is 6.54 Å². The van der Waals surface area contributed by atoms with Crippen LogP contribution in [0.4, 0.5) is 5.82 Å². The minimum absolute atomic E-state index is 0.371. The number of hydrogen-bond acceptors (Lipinski definition) is 7. The first-order valence-electron chi connectivity index (χ1n) is 7.29. The van der Waals surface area contributed by atoms with E-state index in [0.717, 1.165) is 24.2 Å². The maximum absolute atomic E-state index is 6.04. The minimum atomic E-state index is 0.371. The van der Waals surface area contributed by atoms with Crippen molar-refractivity contribution in [3.63, 3.8) is 0 Å². The highest BCUT2D eigenvalue weighted by Crippen LogP contribution is 2.38. The van der Waals surface area contributed by atoms with Crippen molar-refractivity contribution in [1.29, 1.82) is 0 Å². The number of hydrogen-bond donors (Lipinski definition) is 1. The second-order valence-electron chi connectivity index (χ2n) is 5.31. The van der Waals surface area contributed by atoms with E-state index in [9.17, 15) is 0 Å². The zero-order valence-electron chi connectivity index (χ0n) is 12.1. The third-order valence-corrected chi connectivity index (χ3v) is 3.68. The Balaban J connectivity index is 1.46. The average Bonchev–Trinajstić information content (AvgIpc) is 3.32. The molecule has 0 saturated heterocycles. The molecular weight excluding hydrogens is 316 g/mol. The number of anilines is 1. The molecule has 0 atom stereocenters. The topological polar surface area (TPSA) is 89.6 Å². The number of nitrogens with zero attached hydrogens (tertiary/aromatic N) is 5. The van der Waals surface area contributed by atoms with Crippen LogP contribution in [0.25, 0.3) is 11.4 Å². The molecule has 1 N–H and O–H groups in total. The highest BCUT2D eigenvalue weighted by atomic mass is 35.5. The molecule has 3 heterocycles. The quantitative estimate of drug-likeness (QED) is 0.720. The predicted octanol–water partition coefficient (Wildman–Crippen LogP) is 3.06. The van der Waals surface area contributed by atoms with E-state index in [2.05, 4.69) is 30.4 Å². The van der Waals surface area contributed by atoms with Gasteiger partial charge in [0.15, 0.2) is 0 Å². The average molecular weight is 329 g/mol. The fourth-order valence-electron chi connectivity index (χ4n) is 2.16. The smallest absolute Gasteiger partial charge is 0.246 e. The van der Waals surface area contributed by atoms with Crippen LogP contribution in [0.3, 0.4) is 0 Å². The lowest BCUT2D eigenvalue weighted by Gasteiger charge is -2.05. The SMILES string of the molecule is Clc1cc(NCc2nc(-c3ccncc3)no2)nc(C2CC2)n1. The first kappa shape index (κ1) is 14.1. The fraction of sp³-hybridized carbons (Fsp3) is 0.267. The number of aromatic nitrogens is 5. The number of halogens is 1. The van der Waals surface area contributed by atoms with Gasteiger partial charge in [0, 0.05) is 29.9 Å². The Bertz CT molecular complexity index is 818. The van der Waals surface area contributed by atoms with Crippen molar-refractivity contribution >= 4 is 17.4 Å². The van der Waals surface area contributed by atoms with E-state index >= 15 is 0 Å². The lowest BCUT2D eigenvalue weighted by Crippen LogP contribution is -2.04. The first-order valence-corrected chi connectivity index (χ1v) is 7.67. The molecule has 0 unspecified atom stereocenters. The van der Waals surface area contributed by atoms with E-state index in [-0.39, 0.29) is 0 Å². The standard InChI is InChI=1S/C15H13ClN6O/c16-11-7-12(20-14(19-11)9-1-2-9)18-8-13-21-15(22-23-13)10-3-5-17-6-4-10/h3-7,9H,1-2,8H2,(H,18,19,20). The van der Waals surface area contributed by atoms with Crippen molar-refractivity contribution in [2.75, 3.05) is 5.32 Å². The number of pyridine rings is 1. The van der Waals surface area contributed by atoms with Gasteiger partial charge in [0.2, 0.25) is 11.7 Å². The molecule has 3 aromatic rings. The second-order valence-corrected chi connectivity index (χ2v) is 5.70. The van der Waals surface area contributed by atoms with E-state index in [1.165, 1.54) is 0 Å². The molecule has 3 aromatic heterocycles. The molecule has 0 aliphatic heterocycles. The molecule has 1 aliphatic rings. The third kappa shape index (κ3) is 3.29. The summed E-state index contributed by atoms with van der Waals surface area (Å²) in [4.78, 5) is 17.0. The van der Waals surface area contributed by atoms with Gasteiger partial charge in [-0.3, -0.25) is 4.98 Å². The van der Waals surface area contributed by atoms with Crippen molar-refractivity contribution in [2.24, 2.45) is 0 Å². The summed E-state index contributed by atoms with van der Waals surface area (Å²) in [5.74, 6) is 2.90. The summed E-state index contributed by atoms with van der Waals surface area (Å²) in [6.07, 6.45) is 5.62. The van der Waals surface area contributed by atoms with Crippen molar-refractivity contribution in [2.45, 2.75) is 25.3 Å². The third-order valence-electron chi connectivity index (χ3n) is 3.48. The van der Waals surface area contributed by atoms with Crippen LogP contribution in [0.1, 0.15) is 30.5 Å². The summed E-state index contributed by atoms with van der Waals surface area (Å²) >= 11 is 6.04. The largest absolute Gasteiger partial charge is 0.361 e. The second kappa shape index (κ2) is 5.92. The van der Waals surface area contributed by atoms with Crippen molar-refractivity contribution in [1.82, 2.24) is 25.1 Å². The Morgan fingerprint density at radius 2 is 2.00 bits per heavy atom. The Morgan fingerprint density at radius 3 is 2.78 bits per heavy atom. The van der Waals surface area contributed by atoms with Crippen molar-refractivity contribution in [3.05, 3.63) is 47.5 Å². The zero-order chi connectivity index (χ0) is 15.6. The molecule has 0 aromatic carbocycles. The first-order chi connectivity index (χ1) is 11.3. The lowest BCUT2D eigenvalue weighted by molar-refractivity contribution is 0.384. The maximum atomic E-state index is 6.04. The molecule has 1 saturated carbocycles. The van der Waals surface area contributed by atoms with Gasteiger partial charge in [0.25, 0.3) is 0 Å². The number of nitrogens with one attached hydrogen (secondary N) is 1. The molecule has 0 radical (unpaired) electrons. The molecule has 1 aliphatic carbocycles. The van der Waals surface area contributed by atoms with E-state index in [0.29, 0.717) is 35.1 Å². The minimum Gasteiger partial charge on any atom is -0.361 e. The highest BCUT2D eigenvalue weighted by Gasteiger charge is 2.27. The van der Waals surface area contributed by atoms with Crippen LogP contribution in [0, 0.1) is 0 Å². The van der Waals surface area contributed by atoms with Gasteiger partial charge in [-0.25, -0.2) is 9.97 Å². The summed E-state index contributed by atoms with van der Waals surface area (Å²) in [6, 6.07) is 5.34. The van der Waals surface area contributed by atoms with Crippen LogP contribution in [0.5, 0.6) is 0 Å². The molecular formula is C15H13ClN6O. The van der Waals surface area contributed by atoms with Gasteiger partial charge in [-0.1, -0.05) is 16.8 Å². The summed E-state index contributed by atoms with van der Waals surface area (Å²) in [6.45, 7) is 0.371. The van der Waals surface area contributed by atoms with Gasteiger partial charge in [-0.2, -0.15) is 4.98 Å². The lowest BCUT2D eigenvalue weighted by atomic mass is 10.2. The van der Waals surface area contributed by atoms with Gasteiger partial charge >= 0.3 is 0 Å². The Labute approximate surface area is 137 Å². The molecule has 23 heavy (non-hydrogen) atoms. The Hall–Kier alpha value is -2.54. The summed E-state index contributed by atoms with van der Waals surface area (Å²) in [5, 5.41) is 7.54. The predicted molar refractivity (Wildman–Crippen MR) is 83.9 cm³/mol. The van der Waals surface area contributed by atoms with E-state index < -0.39 is 0 Å². The van der Waals surface area contributed by atoms with Gasteiger partial charge in [0.1, 0.15) is 16.8 Å². The summed E-state index contributed by atoms with van der Waals surface area (Å²) in [7, 11) is 0. The van der Waals surface area contributed by atoms with E-state index in [4.69, 9.17) is 16.1 Å².